The molecule has 3 nitrogen and oxygen atoms in total. The van der Waals surface area contributed by atoms with E-state index < -0.39 is 5.60 Å². The van der Waals surface area contributed by atoms with Gasteiger partial charge in [0, 0.05) is 22.0 Å². The smallest absolute Gasteiger partial charge is 0.411 e. The third-order valence-electron chi connectivity index (χ3n) is 2.74. The molecule has 1 amide bonds. The van der Waals surface area contributed by atoms with Gasteiger partial charge in [-0.15, -0.1) is 0 Å². The van der Waals surface area contributed by atoms with Crippen LogP contribution in [0.2, 0.25) is 0 Å². The minimum Gasteiger partial charge on any atom is -0.444 e. The van der Waals surface area contributed by atoms with Gasteiger partial charge in [-0.1, -0.05) is 5.92 Å². The molecule has 17 heavy (non-hydrogen) atoms. The first-order chi connectivity index (χ1) is 7.85. The van der Waals surface area contributed by atoms with Gasteiger partial charge in [0.05, 0.1) is 6.04 Å². The van der Waals surface area contributed by atoms with Crippen molar-refractivity contribution in [2.24, 2.45) is 0 Å². The third-order valence-corrected chi connectivity index (χ3v) is 2.96. The summed E-state index contributed by atoms with van der Waals surface area (Å²) in [4.78, 5) is 16.6. The molecule has 1 fully saturated rings. The topological polar surface area (TPSA) is 29.5 Å². The minimum absolute atomic E-state index is 0.0343. The molecule has 1 saturated heterocycles. The van der Waals surface area contributed by atoms with Gasteiger partial charge in [-0.2, -0.15) is 0 Å². The molecule has 96 valence electrons. The number of likely N-dealkylation sites (tertiary alicyclic amines) is 1. The first-order valence-corrected chi connectivity index (χ1v) is 6.77. The van der Waals surface area contributed by atoms with E-state index in [1.54, 1.807) is 4.90 Å². The number of piperidine rings is 1. The van der Waals surface area contributed by atoms with E-state index in [0.29, 0.717) is 0 Å². The Hall–Kier alpha value is -0.690. The first-order valence-electron chi connectivity index (χ1n) is 5.97. The Balaban J connectivity index is 2.80. The maximum Gasteiger partial charge on any atom is 0.411 e. The highest BCUT2D eigenvalue weighted by Crippen LogP contribution is 2.24. The summed E-state index contributed by atoms with van der Waals surface area (Å²) in [5, 5.41) is 0. The van der Waals surface area contributed by atoms with Crippen LogP contribution in [0.3, 0.4) is 0 Å². The zero-order valence-electron chi connectivity index (χ0n) is 10.9. The number of nitrogens with zero attached hydrogens (tertiary/aromatic N) is 1. The molecule has 0 radical (unpaired) electrons. The normalized spacial score (nSPS) is 24.9. The maximum absolute atomic E-state index is 12.1. The third kappa shape index (κ3) is 4.23. The van der Waals surface area contributed by atoms with Gasteiger partial charge in [0.25, 0.3) is 0 Å². The fraction of sp³-hybridized carbons (Fsp3) is 0.769. The number of rotatable bonds is 0. The largest absolute Gasteiger partial charge is 0.444 e. The highest BCUT2D eigenvalue weighted by molar-refractivity contribution is 9.12. The van der Waals surface area contributed by atoms with Gasteiger partial charge >= 0.3 is 6.09 Å². The van der Waals surface area contributed by atoms with Gasteiger partial charge in [0.2, 0.25) is 0 Å². The summed E-state index contributed by atoms with van der Waals surface area (Å²) in [6, 6.07) is 0.157. The van der Waals surface area contributed by atoms with E-state index >= 15 is 0 Å². The molecule has 2 atom stereocenters. The molecule has 0 spiro atoms. The van der Waals surface area contributed by atoms with E-state index in [2.05, 4.69) is 26.7 Å². The molecule has 0 N–H and O–H groups in total. The standard InChI is InChI=1S/C13H20BrNO2/c1-10-6-5-7-11(8-9-14)15(10)12(16)17-13(2,3)4/h10-11H,5-7H2,1-4H3. The molecular formula is C13H20BrNO2. The Bertz CT molecular complexity index is 338. The van der Waals surface area contributed by atoms with Crippen LogP contribution >= 0.6 is 15.9 Å². The first kappa shape index (κ1) is 14.4. The highest BCUT2D eigenvalue weighted by atomic mass is 79.9. The number of halogens is 1. The molecule has 0 aromatic rings. The lowest BCUT2D eigenvalue weighted by Gasteiger charge is -2.38. The summed E-state index contributed by atoms with van der Waals surface area (Å²) in [6.45, 7) is 7.69. The Kier molecular flexibility index (Phi) is 4.88. The van der Waals surface area contributed by atoms with Gasteiger partial charge < -0.3 is 4.74 Å². The van der Waals surface area contributed by atoms with Crippen molar-refractivity contribution in [3.63, 3.8) is 0 Å². The molecule has 1 rings (SSSR count). The van der Waals surface area contributed by atoms with Crippen molar-refractivity contribution in [3.05, 3.63) is 0 Å². The zero-order chi connectivity index (χ0) is 13.1. The van der Waals surface area contributed by atoms with E-state index in [-0.39, 0.29) is 18.2 Å². The molecule has 1 heterocycles. The van der Waals surface area contributed by atoms with Crippen LogP contribution in [0.1, 0.15) is 47.0 Å². The Morgan fingerprint density at radius 1 is 1.41 bits per heavy atom. The van der Waals surface area contributed by atoms with Crippen molar-refractivity contribution in [2.75, 3.05) is 0 Å². The molecule has 0 saturated carbocycles. The molecular weight excluding hydrogens is 282 g/mol. The van der Waals surface area contributed by atoms with Gasteiger partial charge in [-0.25, -0.2) is 4.79 Å². The number of ether oxygens (including phenoxy) is 1. The average Bonchev–Trinajstić information content (AvgIpc) is 2.15. The minimum atomic E-state index is -0.458. The molecule has 0 aromatic heterocycles. The van der Waals surface area contributed by atoms with E-state index in [1.807, 2.05) is 27.7 Å². The Morgan fingerprint density at radius 2 is 2.06 bits per heavy atom. The summed E-state index contributed by atoms with van der Waals surface area (Å²) in [5.74, 6) is 3.02. The van der Waals surface area contributed by atoms with Crippen LogP contribution in [0, 0.1) is 10.8 Å². The maximum atomic E-state index is 12.1. The second-order valence-electron chi connectivity index (χ2n) is 5.42. The Morgan fingerprint density at radius 3 is 2.59 bits per heavy atom. The molecule has 0 aromatic carbocycles. The van der Waals surface area contributed by atoms with Gasteiger partial charge in [0.15, 0.2) is 0 Å². The average molecular weight is 302 g/mol. The highest BCUT2D eigenvalue weighted by Gasteiger charge is 2.33. The van der Waals surface area contributed by atoms with Crippen LogP contribution in [0.25, 0.3) is 0 Å². The fourth-order valence-corrected chi connectivity index (χ4v) is 2.28. The molecule has 1 aliphatic heterocycles. The second kappa shape index (κ2) is 5.77. The zero-order valence-corrected chi connectivity index (χ0v) is 12.5. The Labute approximate surface area is 112 Å². The lowest BCUT2D eigenvalue weighted by atomic mass is 9.97. The fourth-order valence-electron chi connectivity index (χ4n) is 2.02. The van der Waals surface area contributed by atoms with E-state index in [1.165, 1.54) is 0 Å². The van der Waals surface area contributed by atoms with E-state index in [0.717, 1.165) is 19.3 Å². The van der Waals surface area contributed by atoms with E-state index in [4.69, 9.17) is 4.74 Å². The SMILES string of the molecule is CC1CCCC(C#CBr)N1C(=O)OC(C)(C)C. The molecule has 4 heteroatoms. The van der Waals surface area contributed by atoms with Crippen LogP contribution < -0.4 is 0 Å². The molecule has 2 unspecified atom stereocenters. The van der Waals surface area contributed by atoms with Crippen molar-refractivity contribution in [1.29, 1.82) is 0 Å². The van der Waals surface area contributed by atoms with Crippen molar-refractivity contribution < 1.29 is 9.53 Å². The monoisotopic (exact) mass is 301 g/mol. The van der Waals surface area contributed by atoms with Crippen molar-refractivity contribution in [3.8, 4) is 10.8 Å². The summed E-state index contributed by atoms with van der Waals surface area (Å²) in [7, 11) is 0. The quantitative estimate of drug-likeness (QED) is 0.641. The van der Waals surface area contributed by atoms with Crippen LogP contribution in [0.5, 0.6) is 0 Å². The summed E-state index contributed by atoms with van der Waals surface area (Å²) >= 11 is 3.10. The lowest BCUT2D eigenvalue weighted by Crippen LogP contribution is -2.50. The number of hydrogen-bond acceptors (Lipinski definition) is 2. The predicted octanol–water partition coefficient (Wildman–Crippen LogP) is 3.52. The van der Waals surface area contributed by atoms with Crippen LogP contribution in [0.15, 0.2) is 0 Å². The van der Waals surface area contributed by atoms with Gasteiger partial charge in [0.1, 0.15) is 5.60 Å². The van der Waals surface area contributed by atoms with Crippen LogP contribution in [-0.4, -0.2) is 28.7 Å². The number of carbonyl (C=O) groups is 1. The number of hydrogen-bond donors (Lipinski definition) is 0. The molecule has 0 aliphatic carbocycles. The van der Waals surface area contributed by atoms with E-state index in [9.17, 15) is 4.79 Å². The number of amides is 1. The van der Waals surface area contributed by atoms with Gasteiger partial charge in [-0.05, 0) is 51.8 Å². The van der Waals surface area contributed by atoms with Crippen LogP contribution in [-0.2, 0) is 4.74 Å². The predicted molar refractivity (Wildman–Crippen MR) is 71.9 cm³/mol. The molecule has 1 aliphatic rings. The van der Waals surface area contributed by atoms with Crippen molar-refractivity contribution >= 4 is 22.0 Å². The number of carbonyl (C=O) groups excluding carboxylic acids is 1. The summed E-state index contributed by atoms with van der Waals surface area (Å²) < 4.78 is 5.43. The second-order valence-corrected chi connectivity index (χ2v) is 5.82. The molecule has 0 bridgehead atoms. The van der Waals surface area contributed by atoms with Crippen molar-refractivity contribution in [1.82, 2.24) is 4.90 Å². The summed E-state index contributed by atoms with van der Waals surface area (Å²) in [6.07, 6.45) is 2.78. The lowest BCUT2D eigenvalue weighted by molar-refractivity contribution is 0.00474. The van der Waals surface area contributed by atoms with Crippen LogP contribution in [0.4, 0.5) is 4.79 Å². The summed E-state index contributed by atoms with van der Waals surface area (Å²) in [5.41, 5.74) is -0.458. The van der Waals surface area contributed by atoms with Crippen molar-refractivity contribution in [2.45, 2.75) is 64.6 Å². The van der Waals surface area contributed by atoms with Gasteiger partial charge in [-0.3, -0.25) is 4.90 Å².